The molecule has 4 aromatic rings. The lowest BCUT2D eigenvalue weighted by Gasteiger charge is -2.29. The second-order valence-corrected chi connectivity index (χ2v) is 12.6. The average molecular weight is 777 g/mol. The van der Waals surface area contributed by atoms with Gasteiger partial charge in [0.1, 0.15) is 23.6 Å². The predicted molar refractivity (Wildman–Crippen MR) is 209 cm³/mol. The van der Waals surface area contributed by atoms with E-state index < -0.39 is 41.7 Å². The Morgan fingerprint density at radius 2 is 1.09 bits per heavy atom. The molecule has 1 saturated heterocycles. The lowest BCUT2D eigenvalue weighted by molar-refractivity contribution is -0.136. The zero-order chi connectivity index (χ0) is 42.0. The summed E-state index contributed by atoms with van der Waals surface area (Å²) in [4.78, 5) is 102. The van der Waals surface area contributed by atoms with Crippen LogP contribution >= 0.6 is 0 Å². The number of ether oxygens (including phenoxy) is 2. The first-order valence-electron chi connectivity index (χ1n) is 18.3. The number of nitrogens with one attached hydrogen (secondary N) is 2. The van der Waals surface area contributed by atoms with E-state index in [1.165, 1.54) is 62.4 Å². The van der Waals surface area contributed by atoms with Gasteiger partial charge in [0.05, 0.1) is 27.8 Å². The fraction of sp³-hybridized carbons (Fsp3) is 0.256. The van der Waals surface area contributed by atoms with Gasteiger partial charge in [-0.15, -0.1) is 0 Å². The molecule has 0 radical (unpaired) electrons. The summed E-state index contributed by atoms with van der Waals surface area (Å²) in [5, 5.41) is 5.51. The van der Waals surface area contributed by atoms with Crippen LogP contribution < -0.4 is 20.1 Å². The lowest BCUT2D eigenvalue weighted by Crippen LogP contribution is -2.62. The van der Waals surface area contributed by atoms with E-state index >= 15 is 0 Å². The number of hydrogen-bond donors (Lipinski definition) is 2. The lowest BCUT2D eigenvalue weighted by atomic mass is 9.98. The van der Waals surface area contributed by atoms with Crippen LogP contribution in [-0.2, 0) is 22.4 Å². The second-order valence-electron chi connectivity index (χ2n) is 12.6. The van der Waals surface area contributed by atoms with Crippen LogP contribution in [0.4, 0.5) is 0 Å². The molecule has 57 heavy (non-hydrogen) atoms. The van der Waals surface area contributed by atoms with Crippen LogP contribution in [0.25, 0.3) is 0 Å². The van der Waals surface area contributed by atoms with Crippen LogP contribution in [0.5, 0.6) is 11.5 Å². The third-order valence-electron chi connectivity index (χ3n) is 8.79. The first kappa shape index (κ1) is 42.8. The molecule has 2 aliphatic rings. The fourth-order valence-electron chi connectivity index (χ4n) is 5.85. The van der Waals surface area contributed by atoms with Crippen molar-refractivity contribution in [2.24, 2.45) is 0 Å². The number of carbonyl (C=O) groups excluding carboxylic acids is 8. The molecule has 0 aromatic heterocycles. The van der Waals surface area contributed by atoms with Gasteiger partial charge in [0.2, 0.25) is 11.8 Å². The molecule has 0 saturated carbocycles. The summed E-state index contributed by atoms with van der Waals surface area (Å²) in [6, 6.07) is 19.3. The van der Waals surface area contributed by atoms with Crippen LogP contribution in [-0.4, -0.2) is 90.8 Å². The number of imide groups is 1. The highest BCUT2D eigenvalue weighted by Gasteiger charge is 2.35. The van der Waals surface area contributed by atoms with Crippen LogP contribution in [0.15, 0.2) is 84.9 Å². The molecule has 4 aromatic carbocycles. The molecule has 14 nitrogen and oxygen atoms in total. The number of hydrogen-bond acceptors (Lipinski definition) is 10. The molecule has 5 amide bonds. The summed E-state index contributed by atoms with van der Waals surface area (Å²) in [6.45, 7) is 8.00. The number of fused-ring (bicyclic) bond motifs is 1. The van der Waals surface area contributed by atoms with Crippen molar-refractivity contribution in [1.82, 2.24) is 20.4 Å². The Balaban J connectivity index is 0.00000174. The van der Waals surface area contributed by atoms with E-state index in [0.29, 0.717) is 17.4 Å². The Morgan fingerprint density at radius 3 is 1.54 bits per heavy atom. The summed E-state index contributed by atoms with van der Waals surface area (Å²) >= 11 is 0. The molecular weight excluding hydrogens is 732 g/mol. The van der Waals surface area contributed by atoms with Crippen molar-refractivity contribution >= 4 is 47.8 Å². The molecule has 2 aliphatic heterocycles. The Labute approximate surface area is 330 Å². The Morgan fingerprint density at radius 1 is 0.649 bits per heavy atom. The van der Waals surface area contributed by atoms with Crippen molar-refractivity contribution in [3.63, 3.8) is 0 Å². The molecule has 2 unspecified atom stereocenters. The average Bonchev–Trinajstić information content (AvgIpc) is 3.44. The Bertz CT molecular complexity index is 2200. The predicted octanol–water partition coefficient (Wildman–Crippen LogP) is 4.69. The maximum Gasteiger partial charge on any atom is 0.343 e. The molecule has 0 aliphatic carbocycles. The SMILES string of the molecule is CC.CC.CN(C)C(=O)c1cc(C(=O)Oc2ccc(CC3NC(=O)C(Cc4ccc(OC(=O)c5ccc6c(c5)C(=O)N(C)C6=O)cc4)NC3=O)cc2)ccc1C=O. The van der Waals surface area contributed by atoms with E-state index in [9.17, 15) is 38.4 Å². The molecule has 0 bridgehead atoms. The molecule has 2 atom stereocenters. The summed E-state index contributed by atoms with van der Waals surface area (Å²) in [5.41, 5.74) is 2.14. The van der Waals surface area contributed by atoms with Gasteiger partial charge in [-0.05, 0) is 65.7 Å². The van der Waals surface area contributed by atoms with E-state index in [2.05, 4.69) is 10.6 Å². The van der Waals surface area contributed by atoms with Crippen molar-refractivity contribution in [3.05, 3.63) is 129 Å². The smallest absolute Gasteiger partial charge is 0.343 e. The number of carbonyl (C=O) groups is 8. The maximum atomic E-state index is 13.0. The van der Waals surface area contributed by atoms with Crippen LogP contribution in [0.1, 0.15) is 101 Å². The van der Waals surface area contributed by atoms with Crippen molar-refractivity contribution in [2.75, 3.05) is 21.1 Å². The number of esters is 2. The summed E-state index contributed by atoms with van der Waals surface area (Å²) in [7, 11) is 4.43. The zero-order valence-electron chi connectivity index (χ0n) is 32.7. The van der Waals surface area contributed by atoms with Crippen LogP contribution in [0.2, 0.25) is 0 Å². The normalized spacial score (nSPS) is 15.4. The van der Waals surface area contributed by atoms with Crippen molar-refractivity contribution in [1.29, 1.82) is 0 Å². The van der Waals surface area contributed by atoms with Crippen molar-refractivity contribution in [2.45, 2.75) is 52.6 Å². The number of benzene rings is 4. The highest BCUT2D eigenvalue weighted by atomic mass is 16.5. The van der Waals surface area contributed by atoms with Gasteiger partial charge in [0.15, 0.2) is 6.29 Å². The minimum atomic E-state index is -0.842. The summed E-state index contributed by atoms with van der Waals surface area (Å²) in [5.74, 6) is -3.15. The van der Waals surface area contributed by atoms with Crippen molar-refractivity contribution in [3.8, 4) is 11.5 Å². The topological polar surface area (TPSA) is 186 Å². The van der Waals surface area contributed by atoms with Gasteiger partial charge in [-0.1, -0.05) is 58.0 Å². The molecule has 2 N–H and O–H groups in total. The van der Waals surface area contributed by atoms with Gasteiger partial charge in [-0.25, -0.2) is 9.59 Å². The Hall–Kier alpha value is -6.96. The molecular formula is C43H44N4O10. The monoisotopic (exact) mass is 776 g/mol. The zero-order valence-corrected chi connectivity index (χ0v) is 32.7. The third kappa shape index (κ3) is 9.84. The van der Waals surface area contributed by atoms with E-state index in [4.69, 9.17) is 9.47 Å². The summed E-state index contributed by atoms with van der Waals surface area (Å²) in [6.07, 6.45) is 0.888. The standard InChI is InChI=1S/C39H32N4O10.2C2H6/c1-42(2)35(47)29-18-23(8-9-25(29)20-44)38(50)52-26-11-4-21(5-12-26)16-31-33(45)41-32(34(46)40-31)17-22-6-13-27(14-7-22)53-39(51)24-10-15-28-30(19-24)37(49)43(3)36(28)48;2*1-2/h4-15,18-20,31-32H,16-17H2,1-3H3,(H,40,46)(H,41,45);2*1-2H3. The minimum Gasteiger partial charge on any atom is -0.423 e. The second kappa shape index (κ2) is 19.1. The van der Waals surface area contributed by atoms with E-state index in [-0.39, 0.29) is 69.5 Å². The largest absolute Gasteiger partial charge is 0.423 e. The Kier molecular flexibility index (Phi) is 14.3. The van der Waals surface area contributed by atoms with Crippen LogP contribution in [0.3, 0.4) is 0 Å². The number of rotatable bonds is 10. The molecule has 0 spiro atoms. The maximum absolute atomic E-state index is 13.0. The quantitative estimate of drug-likeness (QED) is 0.0992. The fourth-order valence-corrected chi connectivity index (χ4v) is 5.85. The van der Waals surface area contributed by atoms with E-state index in [1.807, 2.05) is 27.7 Å². The van der Waals surface area contributed by atoms with Gasteiger partial charge in [-0.2, -0.15) is 0 Å². The molecule has 14 heteroatoms. The molecule has 6 rings (SSSR count). The highest BCUT2D eigenvalue weighted by Crippen LogP contribution is 2.24. The van der Waals surface area contributed by atoms with Gasteiger partial charge >= 0.3 is 11.9 Å². The molecule has 296 valence electrons. The van der Waals surface area contributed by atoms with Crippen LogP contribution in [0, 0.1) is 0 Å². The molecule has 1 fully saturated rings. The summed E-state index contributed by atoms with van der Waals surface area (Å²) < 4.78 is 10.9. The minimum absolute atomic E-state index is 0.0725. The first-order valence-corrected chi connectivity index (χ1v) is 18.3. The first-order chi connectivity index (χ1) is 27.3. The highest BCUT2D eigenvalue weighted by molar-refractivity contribution is 6.21. The van der Waals surface area contributed by atoms with Gasteiger partial charge < -0.3 is 25.0 Å². The van der Waals surface area contributed by atoms with Gasteiger partial charge in [0, 0.05) is 39.5 Å². The van der Waals surface area contributed by atoms with E-state index in [0.717, 1.165) is 4.90 Å². The number of aldehydes is 1. The molecule has 2 heterocycles. The van der Waals surface area contributed by atoms with Gasteiger partial charge in [-0.3, -0.25) is 33.7 Å². The number of piperazine rings is 1. The third-order valence-corrected chi connectivity index (χ3v) is 8.79. The number of nitrogens with zero attached hydrogens (tertiary/aromatic N) is 2. The van der Waals surface area contributed by atoms with E-state index in [1.54, 1.807) is 48.5 Å². The van der Waals surface area contributed by atoms with Gasteiger partial charge in [0.25, 0.3) is 17.7 Å². The van der Waals surface area contributed by atoms with Crippen molar-refractivity contribution < 1.29 is 47.8 Å². The number of amides is 5.